The quantitative estimate of drug-likeness (QED) is 0.496. The molecule has 0 saturated heterocycles. The lowest BCUT2D eigenvalue weighted by Gasteiger charge is -1.88. The van der Waals surface area contributed by atoms with Crippen molar-refractivity contribution < 1.29 is 12.3 Å². The van der Waals surface area contributed by atoms with Crippen LogP contribution in [0.1, 0.15) is 26.0 Å². The third kappa shape index (κ3) is 4.48. The molecule has 0 aromatic rings. The highest BCUT2D eigenvalue weighted by Gasteiger charge is 1.81. The molecule has 0 atom stereocenters. The van der Waals surface area contributed by atoms with Gasteiger partial charge in [0.05, 0.1) is 0 Å². The van der Waals surface area contributed by atoms with Gasteiger partial charge >= 0.3 is 0 Å². The molecule has 0 aliphatic rings. The van der Waals surface area contributed by atoms with Gasteiger partial charge in [-0.3, -0.25) is 0 Å². The van der Waals surface area contributed by atoms with E-state index in [2.05, 4.69) is 15.9 Å². The molecule has 0 bridgehead atoms. The van der Waals surface area contributed by atoms with Crippen LogP contribution in [-0.2, 0) is 0 Å². The number of hydrogen-bond donors (Lipinski definition) is 0. The van der Waals surface area contributed by atoms with E-state index in [1.807, 2.05) is 0 Å². The highest BCUT2D eigenvalue weighted by molar-refractivity contribution is 9.09. The molecule has 0 saturated carbocycles. The molecular formula is C4H9Br. The van der Waals surface area contributed by atoms with E-state index in [4.69, 9.17) is 12.3 Å². The Hall–Kier alpha value is 0.480. The van der Waals surface area contributed by atoms with Crippen LogP contribution in [0.5, 0.6) is 0 Å². The van der Waals surface area contributed by atoms with Crippen LogP contribution in [0.15, 0.2) is 0 Å². The van der Waals surface area contributed by atoms with Crippen LogP contribution in [0.4, 0.5) is 0 Å². The van der Waals surface area contributed by atoms with Crippen LogP contribution in [0.25, 0.3) is 0 Å². The van der Waals surface area contributed by atoms with Crippen molar-refractivity contribution in [1.29, 1.82) is 0 Å². The summed E-state index contributed by atoms with van der Waals surface area (Å²) < 4.78 is 63.0. The molecule has 0 heterocycles. The Balaban J connectivity index is 5.54. The van der Waals surface area contributed by atoms with Crippen LogP contribution in [0, 0.1) is 5.89 Å². The Morgan fingerprint density at radius 3 is 3.00 bits per heavy atom. The predicted molar refractivity (Wildman–Crippen MR) is 28.6 cm³/mol. The van der Waals surface area contributed by atoms with Crippen LogP contribution >= 0.6 is 15.9 Å². The largest absolute Gasteiger partial charge is 0.0925 e. The fraction of sp³-hybridized carbons (Fsp3) is 1.00. The molecule has 0 radical (unpaired) electrons. The highest BCUT2D eigenvalue weighted by Crippen LogP contribution is 1.94. The summed E-state index contributed by atoms with van der Waals surface area (Å²) in [4.78, 5) is 0. The molecule has 0 N–H and O–H groups in total. The van der Waals surface area contributed by atoms with Crippen molar-refractivity contribution >= 4 is 15.9 Å². The monoisotopic (exact) mass is 145 g/mol. The average molecular weight is 146 g/mol. The molecule has 0 aliphatic heterocycles. The Bertz CT molecular complexity index is 170. The Morgan fingerprint density at radius 2 is 3.00 bits per heavy atom. The molecule has 32 valence electrons. The van der Waals surface area contributed by atoms with E-state index in [1.165, 1.54) is 0 Å². The number of rotatable bonds is 1. The molecule has 5 heavy (non-hydrogen) atoms. The van der Waals surface area contributed by atoms with Crippen LogP contribution < -0.4 is 0 Å². The fourth-order valence-corrected chi connectivity index (χ4v) is 0. The van der Waals surface area contributed by atoms with Crippen molar-refractivity contribution in [3.63, 3.8) is 0 Å². The molecule has 0 amide bonds. The van der Waals surface area contributed by atoms with Crippen LogP contribution in [0.2, 0.25) is 0 Å². The summed E-state index contributed by atoms with van der Waals surface area (Å²) >= 11 is 2.30. The molecular weight excluding hydrogens is 128 g/mol. The molecule has 0 aromatic carbocycles. The molecule has 0 fully saturated rings. The van der Waals surface area contributed by atoms with E-state index in [0.29, 0.717) is 0 Å². The fourth-order valence-electron chi connectivity index (χ4n) is 0. The number of alkyl halides is 1. The maximum absolute atomic E-state index is 7.33. The second-order valence-electron chi connectivity index (χ2n) is 0.469. The van der Waals surface area contributed by atoms with Crippen LogP contribution in [-0.4, -0.2) is 5.28 Å². The normalized spacial score (nSPS) is 46.2. The summed E-state index contributed by atoms with van der Waals surface area (Å²) in [5, 5.41) is -2.82. The molecule has 0 rings (SSSR count). The summed E-state index contributed by atoms with van der Waals surface area (Å²) in [5.41, 5.74) is 0. The number of hydrogen-bond acceptors (Lipinski definition) is 0. The molecule has 0 aliphatic carbocycles. The van der Waals surface area contributed by atoms with Gasteiger partial charge < -0.3 is 0 Å². The minimum atomic E-state index is -3.24. The Kier molecular flexibility index (Phi) is 0.327. The van der Waals surface area contributed by atoms with Crippen molar-refractivity contribution in [2.24, 2.45) is 5.89 Å². The third-order valence-corrected chi connectivity index (χ3v) is 0.491. The highest BCUT2D eigenvalue weighted by atomic mass is 79.9. The van der Waals surface area contributed by atoms with Gasteiger partial charge in [-0.1, -0.05) is 29.6 Å². The van der Waals surface area contributed by atoms with Gasteiger partial charge in [-0.25, -0.2) is 0 Å². The summed E-state index contributed by atoms with van der Waals surface area (Å²) in [6.07, 6.45) is 0. The second kappa shape index (κ2) is 2.70. The van der Waals surface area contributed by atoms with E-state index in [1.54, 1.807) is 0 Å². The predicted octanol–water partition coefficient (Wildman–Crippen LogP) is 2.04. The van der Waals surface area contributed by atoms with Gasteiger partial charge in [-0.05, 0) is 5.89 Å². The van der Waals surface area contributed by atoms with Gasteiger partial charge in [0.2, 0.25) is 0 Å². The van der Waals surface area contributed by atoms with Gasteiger partial charge in [-0.2, -0.15) is 0 Å². The summed E-state index contributed by atoms with van der Waals surface area (Å²) in [6.45, 7) is -6.49. The smallest absolute Gasteiger partial charge is 0.0389 e. The lowest BCUT2D eigenvalue weighted by atomic mass is 10.3. The van der Waals surface area contributed by atoms with E-state index in [9.17, 15) is 0 Å². The zero-order chi connectivity index (χ0) is 12.0. The molecule has 0 unspecified atom stereocenters. The Morgan fingerprint density at radius 1 is 2.40 bits per heavy atom. The van der Waals surface area contributed by atoms with E-state index >= 15 is 0 Å². The lowest BCUT2D eigenvalue weighted by molar-refractivity contribution is 0.756. The zero-order valence-electron chi connectivity index (χ0n) is 11.4. The average Bonchev–Trinajstić information content (AvgIpc) is 1.77. The molecule has 0 aromatic heterocycles. The molecule has 1 heteroatoms. The van der Waals surface area contributed by atoms with Crippen molar-refractivity contribution in [3.8, 4) is 0 Å². The first kappa shape index (κ1) is 0.605. The zero-order valence-corrected chi connectivity index (χ0v) is 3.96. The van der Waals surface area contributed by atoms with Gasteiger partial charge in [0.15, 0.2) is 0 Å². The van der Waals surface area contributed by atoms with Gasteiger partial charge in [0.1, 0.15) is 0 Å². The maximum Gasteiger partial charge on any atom is 0.0389 e. The maximum atomic E-state index is 7.33. The van der Waals surface area contributed by atoms with E-state index in [-0.39, 0.29) is 0 Å². The second-order valence-corrected chi connectivity index (χ2v) is 0.866. The minimum Gasteiger partial charge on any atom is -0.0925 e. The summed E-state index contributed by atoms with van der Waals surface area (Å²) in [5.74, 6) is -3.19. The standard InChI is InChI=1S/C4H9Br/c1-4(2)3-5/h4H,3H2,1-2H3/i1D3,2D3,3D2,4D. The molecule has 0 spiro atoms. The first-order chi connectivity index (χ1) is 5.75. The first-order valence-corrected chi connectivity index (χ1v) is 1.73. The number of halogens is 1. The topological polar surface area (TPSA) is 0 Å². The summed E-state index contributed by atoms with van der Waals surface area (Å²) in [7, 11) is 0. The van der Waals surface area contributed by atoms with Gasteiger partial charge in [-0.15, -0.1) is 0 Å². The first-order valence-electron chi connectivity index (χ1n) is 5.44. The van der Waals surface area contributed by atoms with Gasteiger partial charge in [0.25, 0.3) is 0 Å². The van der Waals surface area contributed by atoms with Crippen molar-refractivity contribution in [1.82, 2.24) is 0 Å². The van der Waals surface area contributed by atoms with E-state index in [0.717, 1.165) is 0 Å². The summed E-state index contributed by atoms with van der Waals surface area (Å²) in [6, 6.07) is 0. The van der Waals surface area contributed by atoms with E-state index < -0.39 is 24.9 Å². The van der Waals surface area contributed by atoms with Crippen molar-refractivity contribution in [2.45, 2.75) is 13.7 Å². The van der Waals surface area contributed by atoms with Crippen LogP contribution in [0.3, 0.4) is 0 Å². The van der Waals surface area contributed by atoms with Crippen molar-refractivity contribution in [2.75, 3.05) is 5.28 Å². The van der Waals surface area contributed by atoms with Crippen molar-refractivity contribution in [3.05, 3.63) is 0 Å². The third-order valence-electron chi connectivity index (χ3n) is 0.0945. The SMILES string of the molecule is [2H]C([2H])([2H])C([2H])(C([2H])([2H])[2H])C([2H])([2H])Br. The molecule has 0 nitrogen and oxygen atoms in total. The lowest BCUT2D eigenvalue weighted by Crippen LogP contribution is -1.82. The Labute approximate surface area is 54.3 Å². The minimum absolute atomic E-state index is 2.30. The van der Waals surface area contributed by atoms with Gasteiger partial charge in [0, 0.05) is 17.6 Å².